The number of carbonyl (C=O) groups is 1. The molecule has 1 atom stereocenters. The van der Waals surface area contributed by atoms with Crippen LogP contribution in [-0.4, -0.2) is 24.1 Å². The number of hydrogen-bond donors (Lipinski definition) is 2. The molecule has 1 amide bonds. The molecular weight excluding hydrogens is 228 g/mol. The lowest BCUT2D eigenvalue weighted by atomic mass is 10.1. The Labute approximate surface area is 98.6 Å². The first kappa shape index (κ1) is 11.2. The molecule has 0 bridgehead atoms. The molecule has 1 aliphatic heterocycles. The Kier molecular flexibility index (Phi) is 3.03. The molecule has 0 radical (unpaired) electrons. The molecule has 1 heterocycles. The number of phenolic OH excluding ortho intramolecular Hbond substituents is 1. The zero-order valence-electron chi connectivity index (χ0n) is 8.69. The number of carbonyl (C=O) groups excluding carboxylic acids is 1. The van der Waals surface area contributed by atoms with Crippen molar-refractivity contribution in [3.8, 4) is 5.75 Å². The Bertz CT molecular complexity index is 422. The normalized spacial score (nSPS) is 20.5. The Morgan fingerprint density at radius 1 is 1.56 bits per heavy atom. The second-order valence-electron chi connectivity index (χ2n) is 3.95. The first-order chi connectivity index (χ1) is 7.61. The van der Waals surface area contributed by atoms with Gasteiger partial charge in [-0.1, -0.05) is 11.6 Å². The van der Waals surface area contributed by atoms with Gasteiger partial charge in [0.15, 0.2) is 0 Å². The molecule has 0 aliphatic carbocycles. The molecule has 0 saturated carbocycles. The highest BCUT2D eigenvalue weighted by Crippen LogP contribution is 2.31. The van der Waals surface area contributed by atoms with E-state index in [0.29, 0.717) is 25.2 Å². The SMILES string of the molecule is NCC1CC(=O)N(c2ccc(O)c(Cl)c2)C1. The lowest BCUT2D eigenvalue weighted by Crippen LogP contribution is -2.25. The molecule has 16 heavy (non-hydrogen) atoms. The third kappa shape index (κ3) is 1.99. The number of halogens is 1. The molecule has 1 fully saturated rings. The van der Waals surface area contributed by atoms with Crippen molar-refractivity contribution < 1.29 is 9.90 Å². The number of anilines is 1. The highest BCUT2D eigenvalue weighted by molar-refractivity contribution is 6.32. The maximum atomic E-state index is 11.7. The van der Waals surface area contributed by atoms with Crippen molar-refractivity contribution in [2.75, 3.05) is 18.0 Å². The van der Waals surface area contributed by atoms with Gasteiger partial charge >= 0.3 is 0 Å². The van der Waals surface area contributed by atoms with Gasteiger partial charge in [0.05, 0.1) is 5.02 Å². The summed E-state index contributed by atoms with van der Waals surface area (Å²) >= 11 is 5.80. The van der Waals surface area contributed by atoms with E-state index in [1.807, 2.05) is 0 Å². The molecule has 5 heteroatoms. The van der Waals surface area contributed by atoms with E-state index in [0.717, 1.165) is 0 Å². The minimum absolute atomic E-state index is 0.0208. The zero-order chi connectivity index (χ0) is 11.7. The minimum atomic E-state index is 0.0208. The van der Waals surface area contributed by atoms with Crippen LogP contribution >= 0.6 is 11.6 Å². The summed E-state index contributed by atoms with van der Waals surface area (Å²) in [5, 5.41) is 9.55. The fourth-order valence-electron chi connectivity index (χ4n) is 1.85. The second-order valence-corrected chi connectivity index (χ2v) is 4.35. The number of rotatable bonds is 2. The number of benzene rings is 1. The molecule has 86 valence electrons. The average molecular weight is 241 g/mol. The molecule has 0 spiro atoms. The van der Waals surface area contributed by atoms with Crippen molar-refractivity contribution in [2.45, 2.75) is 6.42 Å². The van der Waals surface area contributed by atoms with Gasteiger partial charge in [-0.05, 0) is 30.7 Å². The van der Waals surface area contributed by atoms with Gasteiger partial charge < -0.3 is 15.7 Å². The van der Waals surface area contributed by atoms with E-state index in [2.05, 4.69) is 0 Å². The molecule has 2 rings (SSSR count). The molecular formula is C11H13ClN2O2. The zero-order valence-corrected chi connectivity index (χ0v) is 9.44. The number of nitrogens with two attached hydrogens (primary N) is 1. The second kappa shape index (κ2) is 4.31. The topological polar surface area (TPSA) is 66.6 Å². The maximum absolute atomic E-state index is 11.7. The fraction of sp³-hybridized carbons (Fsp3) is 0.364. The monoisotopic (exact) mass is 240 g/mol. The van der Waals surface area contributed by atoms with Crippen LogP contribution in [0, 0.1) is 5.92 Å². The van der Waals surface area contributed by atoms with Gasteiger partial charge in [0, 0.05) is 18.7 Å². The van der Waals surface area contributed by atoms with Crippen LogP contribution in [0.2, 0.25) is 5.02 Å². The summed E-state index contributed by atoms with van der Waals surface area (Å²) in [6.45, 7) is 1.13. The van der Waals surface area contributed by atoms with Crippen molar-refractivity contribution in [2.24, 2.45) is 11.7 Å². The summed E-state index contributed by atoms with van der Waals surface area (Å²) in [4.78, 5) is 13.4. The minimum Gasteiger partial charge on any atom is -0.506 e. The van der Waals surface area contributed by atoms with E-state index >= 15 is 0 Å². The third-order valence-corrected chi connectivity index (χ3v) is 3.08. The predicted molar refractivity (Wildman–Crippen MR) is 62.6 cm³/mol. The van der Waals surface area contributed by atoms with E-state index in [1.165, 1.54) is 6.07 Å². The van der Waals surface area contributed by atoms with E-state index < -0.39 is 0 Å². The summed E-state index contributed by atoms with van der Waals surface area (Å²) in [6, 6.07) is 4.76. The Morgan fingerprint density at radius 3 is 2.88 bits per heavy atom. The van der Waals surface area contributed by atoms with Gasteiger partial charge in [0.1, 0.15) is 5.75 Å². The van der Waals surface area contributed by atoms with Crippen molar-refractivity contribution in [1.29, 1.82) is 0 Å². The Hall–Kier alpha value is -1.26. The first-order valence-corrected chi connectivity index (χ1v) is 5.48. The summed E-state index contributed by atoms with van der Waals surface area (Å²) in [6.07, 6.45) is 0.481. The number of aromatic hydroxyl groups is 1. The summed E-state index contributed by atoms with van der Waals surface area (Å²) in [7, 11) is 0. The van der Waals surface area contributed by atoms with Crippen LogP contribution in [-0.2, 0) is 4.79 Å². The maximum Gasteiger partial charge on any atom is 0.227 e. The van der Waals surface area contributed by atoms with Gasteiger partial charge in [-0.2, -0.15) is 0 Å². The molecule has 3 N–H and O–H groups in total. The van der Waals surface area contributed by atoms with Gasteiger partial charge in [-0.15, -0.1) is 0 Å². The summed E-state index contributed by atoms with van der Waals surface area (Å²) in [5.74, 6) is 0.282. The lowest BCUT2D eigenvalue weighted by molar-refractivity contribution is -0.117. The molecule has 1 saturated heterocycles. The summed E-state index contributed by atoms with van der Waals surface area (Å²) in [5.41, 5.74) is 6.26. The van der Waals surface area contributed by atoms with Crippen LogP contribution < -0.4 is 10.6 Å². The molecule has 1 aromatic rings. The van der Waals surface area contributed by atoms with Crippen molar-refractivity contribution >= 4 is 23.2 Å². The highest BCUT2D eigenvalue weighted by atomic mass is 35.5. The van der Waals surface area contributed by atoms with Gasteiger partial charge in [-0.25, -0.2) is 0 Å². The van der Waals surface area contributed by atoms with Crippen LogP contribution in [0.25, 0.3) is 0 Å². The lowest BCUT2D eigenvalue weighted by Gasteiger charge is -2.17. The van der Waals surface area contributed by atoms with Gasteiger partial charge in [0.25, 0.3) is 0 Å². The van der Waals surface area contributed by atoms with Crippen LogP contribution in [0.5, 0.6) is 5.75 Å². The van der Waals surface area contributed by atoms with Crippen LogP contribution in [0.3, 0.4) is 0 Å². The Morgan fingerprint density at radius 2 is 2.31 bits per heavy atom. The number of hydrogen-bond acceptors (Lipinski definition) is 3. The van der Waals surface area contributed by atoms with Gasteiger partial charge in [0.2, 0.25) is 5.91 Å². The molecule has 1 unspecified atom stereocenters. The molecule has 1 aromatic carbocycles. The summed E-state index contributed by atoms with van der Waals surface area (Å²) < 4.78 is 0. The van der Waals surface area contributed by atoms with E-state index in [1.54, 1.807) is 17.0 Å². The predicted octanol–water partition coefficient (Wildman–Crippen LogP) is 1.36. The quantitative estimate of drug-likeness (QED) is 0.820. The Balaban J connectivity index is 2.24. The molecule has 4 nitrogen and oxygen atoms in total. The van der Waals surface area contributed by atoms with Crippen molar-refractivity contribution in [1.82, 2.24) is 0 Å². The average Bonchev–Trinajstić information content (AvgIpc) is 2.64. The highest BCUT2D eigenvalue weighted by Gasteiger charge is 2.29. The third-order valence-electron chi connectivity index (χ3n) is 2.78. The molecule has 0 aromatic heterocycles. The van der Waals surface area contributed by atoms with Crippen LogP contribution in [0.4, 0.5) is 5.69 Å². The van der Waals surface area contributed by atoms with Crippen molar-refractivity contribution in [3.63, 3.8) is 0 Å². The number of phenols is 1. The van der Waals surface area contributed by atoms with Crippen LogP contribution in [0.1, 0.15) is 6.42 Å². The first-order valence-electron chi connectivity index (χ1n) is 5.10. The van der Waals surface area contributed by atoms with E-state index in [4.69, 9.17) is 17.3 Å². The van der Waals surface area contributed by atoms with Crippen LogP contribution in [0.15, 0.2) is 18.2 Å². The fourth-order valence-corrected chi connectivity index (χ4v) is 2.03. The molecule has 1 aliphatic rings. The largest absolute Gasteiger partial charge is 0.506 e. The number of nitrogens with zero attached hydrogens (tertiary/aromatic N) is 1. The smallest absolute Gasteiger partial charge is 0.227 e. The van der Waals surface area contributed by atoms with E-state index in [9.17, 15) is 9.90 Å². The van der Waals surface area contributed by atoms with Gasteiger partial charge in [-0.3, -0.25) is 4.79 Å². The van der Waals surface area contributed by atoms with Crippen molar-refractivity contribution in [3.05, 3.63) is 23.2 Å². The van der Waals surface area contributed by atoms with E-state index in [-0.39, 0.29) is 22.6 Å². The number of amides is 1. The standard InChI is InChI=1S/C11H13ClN2O2/c12-9-4-8(1-2-10(9)15)14-6-7(5-13)3-11(14)16/h1-2,4,7,15H,3,5-6,13H2.